The van der Waals surface area contributed by atoms with Gasteiger partial charge in [0.15, 0.2) is 0 Å². The van der Waals surface area contributed by atoms with Crippen LogP contribution in [0.1, 0.15) is 39.0 Å². The molecule has 2 amide bonds. The Morgan fingerprint density at radius 2 is 1.92 bits per heavy atom. The van der Waals surface area contributed by atoms with Crippen LogP contribution in [0.25, 0.3) is 0 Å². The van der Waals surface area contributed by atoms with Crippen LogP contribution in [-0.4, -0.2) is 34.8 Å². The summed E-state index contributed by atoms with van der Waals surface area (Å²) in [4.78, 5) is 29.0. The molecule has 1 saturated carbocycles. The maximum Gasteiger partial charge on any atom is 0.246 e. The average Bonchev–Trinajstić information content (AvgIpc) is 2.59. The van der Waals surface area contributed by atoms with Crippen LogP contribution in [0, 0.1) is 11.8 Å². The van der Waals surface area contributed by atoms with Crippen molar-refractivity contribution < 1.29 is 9.59 Å². The third-order valence-electron chi connectivity index (χ3n) is 4.58. The van der Waals surface area contributed by atoms with E-state index in [1.165, 1.54) is 0 Å². The molecule has 0 bridgehead atoms. The second kappa shape index (κ2) is 9.67. The number of amides is 2. The molecule has 1 atom stereocenters. The Kier molecular flexibility index (Phi) is 7.56. The average molecular weight is 350 g/mol. The van der Waals surface area contributed by atoms with Crippen molar-refractivity contribution in [2.24, 2.45) is 11.8 Å². The number of carbonyl (C=O) groups excluding carboxylic acids is 2. The summed E-state index contributed by atoms with van der Waals surface area (Å²) in [6.07, 6.45) is 9.94. The molecular formula is C18H27N3O2S. The first-order chi connectivity index (χ1) is 11.6. The van der Waals surface area contributed by atoms with Gasteiger partial charge in [-0.25, -0.2) is 0 Å². The van der Waals surface area contributed by atoms with Crippen molar-refractivity contribution in [3.63, 3.8) is 0 Å². The Balaban J connectivity index is 1.94. The molecule has 6 heteroatoms. The highest BCUT2D eigenvalue weighted by Gasteiger charge is 2.28. The Bertz CT molecular complexity index is 530. The molecule has 2 rings (SSSR count). The zero-order chi connectivity index (χ0) is 17.4. The van der Waals surface area contributed by atoms with Crippen molar-refractivity contribution in [3.05, 3.63) is 24.5 Å². The molecule has 1 fully saturated rings. The number of carbonyl (C=O) groups is 2. The second-order valence-electron chi connectivity index (χ2n) is 6.52. The summed E-state index contributed by atoms with van der Waals surface area (Å²) in [6, 6.07) is 3.00. The molecule has 1 unspecified atom stereocenters. The second-order valence-corrected chi connectivity index (χ2v) is 7.51. The molecule has 1 aliphatic rings. The zero-order valence-electron chi connectivity index (χ0n) is 14.5. The molecule has 0 aliphatic heterocycles. The third kappa shape index (κ3) is 5.82. The van der Waals surface area contributed by atoms with Crippen LogP contribution in [0.5, 0.6) is 0 Å². The van der Waals surface area contributed by atoms with E-state index >= 15 is 0 Å². The predicted molar refractivity (Wildman–Crippen MR) is 98.9 cm³/mol. The quantitative estimate of drug-likeness (QED) is 0.793. The first-order valence-electron chi connectivity index (χ1n) is 8.60. The SMILES string of the molecule is CSCCC(NC(=O)C1CCC(C)CC1)C(=O)Nc1ccncc1. The van der Waals surface area contributed by atoms with E-state index in [0.717, 1.165) is 31.4 Å². The summed E-state index contributed by atoms with van der Waals surface area (Å²) >= 11 is 1.68. The number of rotatable bonds is 7. The zero-order valence-corrected chi connectivity index (χ0v) is 15.3. The molecule has 132 valence electrons. The fourth-order valence-electron chi connectivity index (χ4n) is 2.98. The van der Waals surface area contributed by atoms with Gasteiger partial charge in [-0.05, 0) is 62.2 Å². The number of pyridine rings is 1. The van der Waals surface area contributed by atoms with E-state index in [1.54, 1.807) is 36.3 Å². The summed E-state index contributed by atoms with van der Waals surface area (Å²) in [5.41, 5.74) is 0.699. The standard InChI is InChI=1S/C18H27N3O2S/c1-13-3-5-14(6-4-13)17(22)21-16(9-12-24-2)18(23)20-15-7-10-19-11-8-15/h7-8,10-11,13-14,16H,3-6,9,12H2,1-2H3,(H,21,22)(H,19,20,23). The van der Waals surface area contributed by atoms with Crippen LogP contribution in [0.15, 0.2) is 24.5 Å². The first kappa shape index (κ1) is 18.8. The van der Waals surface area contributed by atoms with Crippen LogP contribution in [0.3, 0.4) is 0 Å². The van der Waals surface area contributed by atoms with Gasteiger partial charge >= 0.3 is 0 Å². The highest BCUT2D eigenvalue weighted by Crippen LogP contribution is 2.28. The summed E-state index contributed by atoms with van der Waals surface area (Å²) in [6.45, 7) is 2.23. The van der Waals surface area contributed by atoms with E-state index in [1.807, 2.05) is 6.26 Å². The number of hydrogen-bond donors (Lipinski definition) is 2. The maximum atomic E-state index is 12.5. The van der Waals surface area contributed by atoms with E-state index in [-0.39, 0.29) is 17.7 Å². The minimum Gasteiger partial charge on any atom is -0.344 e. The minimum absolute atomic E-state index is 0.0258. The van der Waals surface area contributed by atoms with Crippen LogP contribution in [-0.2, 0) is 9.59 Å². The van der Waals surface area contributed by atoms with Gasteiger partial charge in [-0.15, -0.1) is 0 Å². The van der Waals surface area contributed by atoms with E-state index in [2.05, 4.69) is 22.5 Å². The van der Waals surface area contributed by atoms with Gasteiger partial charge in [-0.1, -0.05) is 6.92 Å². The van der Waals surface area contributed by atoms with Gasteiger partial charge in [-0.2, -0.15) is 11.8 Å². The lowest BCUT2D eigenvalue weighted by Crippen LogP contribution is -2.46. The van der Waals surface area contributed by atoms with Gasteiger partial charge in [0.2, 0.25) is 11.8 Å². The Labute approximate surface area is 148 Å². The monoisotopic (exact) mass is 349 g/mol. The van der Waals surface area contributed by atoms with Crippen molar-refractivity contribution in [1.82, 2.24) is 10.3 Å². The van der Waals surface area contributed by atoms with E-state index in [9.17, 15) is 9.59 Å². The Hall–Kier alpha value is -1.56. The van der Waals surface area contributed by atoms with Crippen molar-refractivity contribution >= 4 is 29.3 Å². The van der Waals surface area contributed by atoms with Gasteiger partial charge in [-0.3, -0.25) is 14.6 Å². The fourth-order valence-corrected chi connectivity index (χ4v) is 3.45. The normalized spacial score (nSPS) is 21.8. The lowest BCUT2D eigenvalue weighted by molar-refractivity contribution is -0.130. The van der Waals surface area contributed by atoms with E-state index < -0.39 is 6.04 Å². The lowest BCUT2D eigenvalue weighted by atomic mass is 9.82. The highest BCUT2D eigenvalue weighted by atomic mass is 32.2. The third-order valence-corrected chi connectivity index (χ3v) is 5.22. The molecule has 2 N–H and O–H groups in total. The number of hydrogen-bond acceptors (Lipinski definition) is 4. The molecule has 5 nitrogen and oxygen atoms in total. The van der Waals surface area contributed by atoms with Crippen LogP contribution >= 0.6 is 11.8 Å². The molecule has 0 radical (unpaired) electrons. The lowest BCUT2D eigenvalue weighted by Gasteiger charge is -2.27. The van der Waals surface area contributed by atoms with Crippen molar-refractivity contribution in [2.75, 3.05) is 17.3 Å². The first-order valence-corrected chi connectivity index (χ1v) is 9.99. The molecule has 1 heterocycles. The summed E-state index contributed by atoms with van der Waals surface area (Å²) in [7, 11) is 0. The number of nitrogens with zero attached hydrogens (tertiary/aromatic N) is 1. The molecule has 0 saturated heterocycles. The molecule has 0 spiro atoms. The van der Waals surface area contributed by atoms with Crippen LogP contribution < -0.4 is 10.6 Å². The van der Waals surface area contributed by atoms with E-state index in [0.29, 0.717) is 18.0 Å². The van der Waals surface area contributed by atoms with Crippen molar-refractivity contribution in [2.45, 2.75) is 45.1 Å². The molecule has 1 aromatic heterocycles. The maximum absolute atomic E-state index is 12.5. The van der Waals surface area contributed by atoms with Gasteiger partial charge < -0.3 is 10.6 Å². The number of nitrogens with one attached hydrogen (secondary N) is 2. The summed E-state index contributed by atoms with van der Waals surface area (Å²) in [5, 5.41) is 5.84. The van der Waals surface area contributed by atoms with Gasteiger partial charge in [0.05, 0.1) is 0 Å². The molecule has 24 heavy (non-hydrogen) atoms. The smallest absolute Gasteiger partial charge is 0.246 e. The summed E-state index contributed by atoms with van der Waals surface area (Å²) < 4.78 is 0. The molecular weight excluding hydrogens is 322 g/mol. The van der Waals surface area contributed by atoms with Gasteiger partial charge in [0, 0.05) is 24.0 Å². The van der Waals surface area contributed by atoms with Gasteiger partial charge in [0.1, 0.15) is 6.04 Å². The highest BCUT2D eigenvalue weighted by molar-refractivity contribution is 7.98. The Morgan fingerprint density at radius 1 is 1.25 bits per heavy atom. The van der Waals surface area contributed by atoms with Crippen LogP contribution in [0.4, 0.5) is 5.69 Å². The topological polar surface area (TPSA) is 71.1 Å². The summed E-state index contributed by atoms with van der Waals surface area (Å²) in [5.74, 6) is 1.45. The van der Waals surface area contributed by atoms with Crippen molar-refractivity contribution in [1.29, 1.82) is 0 Å². The van der Waals surface area contributed by atoms with Gasteiger partial charge in [0.25, 0.3) is 0 Å². The molecule has 1 aromatic rings. The number of anilines is 1. The number of thioether (sulfide) groups is 1. The van der Waals surface area contributed by atoms with Crippen molar-refractivity contribution in [3.8, 4) is 0 Å². The molecule has 1 aliphatic carbocycles. The van der Waals surface area contributed by atoms with Crippen LogP contribution in [0.2, 0.25) is 0 Å². The predicted octanol–water partition coefficient (Wildman–Crippen LogP) is 3.08. The van der Waals surface area contributed by atoms with E-state index in [4.69, 9.17) is 0 Å². The fraction of sp³-hybridized carbons (Fsp3) is 0.611. The molecule has 0 aromatic carbocycles. The minimum atomic E-state index is -0.488. The largest absolute Gasteiger partial charge is 0.344 e. The number of aromatic nitrogens is 1. The Morgan fingerprint density at radius 3 is 2.54 bits per heavy atom.